The van der Waals surface area contributed by atoms with Crippen LogP contribution in [0.15, 0.2) is 0 Å². The molecule has 0 saturated heterocycles. The van der Waals surface area contributed by atoms with Crippen LogP contribution in [0.25, 0.3) is 0 Å². The highest BCUT2D eigenvalue weighted by atomic mass is 16.5. The Morgan fingerprint density at radius 2 is 2.06 bits per heavy atom. The lowest BCUT2D eigenvalue weighted by Crippen LogP contribution is -2.43. The van der Waals surface area contributed by atoms with E-state index in [1.165, 1.54) is 0 Å². The van der Waals surface area contributed by atoms with E-state index in [0.29, 0.717) is 32.7 Å². The summed E-state index contributed by atoms with van der Waals surface area (Å²) in [5.41, 5.74) is 11.1. The number of guanidine groups is 1. The van der Waals surface area contributed by atoms with Crippen LogP contribution in [0.3, 0.4) is 0 Å². The summed E-state index contributed by atoms with van der Waals surface area (Å²) < 4.78 is 9.85. The fraction of sp³-hybridized carbons (Fsp3) is 0.818. The highest BCUT2D eigenvalue weighted by Gasteiger charge is 2.16. The van der Waals surface area contributed by atoms with Crippen molar-refractivity contribution in [2.24, 2.45) is 11.5 Å². The summed E-state index contributed by atoms with van der Waals surface area (Å²) in [4.78, 5) is 13.0. The van der Waals surface area contributed by atoms with Gasteiger partial charge < -0.3 is 25.8 Å². The molecule has 0 aromatic rings. The van der Waals surface area contributed by atoms with Gasteiger partial charge in [-0.25, -0.2) is 0 Å². The second kappa shape index (κ2) is 9.67. The summed E-state index contributed by atoms with van der Waals surface area (Å²) >= 11 is 0. The number of hydrogen-bond acceptors (Lipinski definition) is 5. The van der Waals surface area contributed by atoms with Crippen molar-refractivity contribution >= 4 is 11.9 Å². The average molecular weight is 260 g/mol. The van der Waals surface area contributed by atoms with Crippen LogP contribution in [0.1, 0.15) is 19.8 Å². The second-order valence-electron chi connectivity index (χ2n) is 3.93. The van der Waals surface area contributed by atoms with E-state index in [2.05, 4.69) is 0 Å². The number of nitrogens with two attached hydrogens (primary N) is 2. The number of nitrogens with zero attached hydrogens (tertiary/aromatic N) is 1. The van der Waals surface area contributed by atoms with Crippen molar-refractivity contribution in [3.8, 4) is 0 Å². The lowest BCUT2D eigenvalue weighted by molar-refractivity contribution is -0.145. The normalized spacial score (nSPS) is 11.9. The van der Waals surface area contributed by atoms with E-state index in [9.17, 15) is 4.79 Å². The maximum absolute atomic E-state index is 11.4. The van der Waals surface area contributed by atoms with Crippen LogP contribution in [0.2, 0.25) is 0 Å². The molecular formula is C11H24N4O3. The first kappa shape index (κ1) is 16.7. The van der Waals surface area contributed by atoms with Crippen LogP contribution in [-0.2, 0) is 14.3 Å². The minimum atomic E-state index is -0.680. The average Bonchev–Trinajstić information content (AvgIpc) is 2.35. The molecule has 106 valence electrons. The molecule has 0 aliphatic rings. The molecule has 7 heteroatoms. The molecular weight excluding hydrogens is 236 g/mol. The van der Waals surface area contributed by atoms with Crippen LogP contribution in [0.5, 0.6) is 0 Å². The molecule has 0 aliphatic heterocycles. The van der Waals surface area contributed by atoms with Crippen LogP contribution in [0, 0.1) is 5.41 Å². The van der Waals surface area contributed by atoms with Crippen molar-refractivity contribution in [2.45, 2.75) is 25.8 Å². The molecule has 0 aliphatic carbocycles. The highest BCUT2D eigenvalue weighted by Crippen LogP contribution is 1.97. The van der Waals surface area contributed by atoms with E-state index in [4.69, 9.17) is 26.4 Å². The molecule has 0 radical (unpaired) electrons. The molecule has 0 spiro atoms. The standard InChI is InChI=1S/C11H24N4O3/c1-3-7-18-10(16)9(12)4-5-15(11(13)14)6-8-17-2/h9H,3-8,12H2,1-2H3,(H3,13,14)/t9-/m0/s1. The van der Waals surface area contributed by atoms with Gasteiger partial charge in [0, 0.05) is 20.2 Å². The van der Waals surface area contributed by atoms with Crippen LogP contribution in [-0.4, -0.2) is 56.3 Å². The Hall–Kier alpha value is -1.34. The Bertz CT molecular complexity index is 261. The van der Waals surface area contributed by atoms with E-state index in [-0.39, 0.29) is 5.96 Å². The highest BCUT2D eigenvalue weighted by molar-refractivity contribution is 5.76. The summed E-state index contributed by atoms with van der Waals surface area (Å²) in [5.74, 6) is -0.465. The Morgan fingerprint density at radius 3 is 2.56 bits per heavy atom. The van der Waals surface area contributed by atoms with Crippen molar-refractivity contribution < 1.29 is 14.3 Å². The van der Waals surface area contributed by atoms with Crippen LogP contribution in [0.4, 0.5) is 0 Å². The Kier molecular flexibility index (Phi) is 8.95. The molecule has 1 atom stereocenters. The van der Waals surface area contributed by atoms with Gasteiger partial charge in [-0.05, 0) is 12.8 Å². The molecule has 0 amide bonds. The number of rotatable bonds is 9. The molecule has 0 fully saturated rings. The van der Waals surface area contributed by atoms with Crippen molar-refractivity contribution in [3.63, 3.8) is 0 Å². The van der Waals surface area contributed by atoms with Crippen molar-refractivity contribution in [3.05, 3.63) is 0 Å². The van der Waals surface area contributed by atoms with Gasteiger partial charge in [-0.1, -0.05) is 6.92 Å². The third kappa shape index (κ3) is 7.08. The zero-order valence-electron chi connectivity index (χ0n) is 11.1. The van der Waals surface area contributed by atoms with Crippen molar-refractivity contribution in [1.29, 1.82) is 5.41 Å². The summed E-state index contributed by atoms with van der Waals surface area (Å²) in [5, 5.41) is 7.38. The number of ether oxygens (including phenoxy) is 2. The Morgan fingerprint density at radius 1 is 1.39 bits per heavy atom. The molecule has 0 bridgehead atoms. The fourth-order valence-electron chi connectivity index (χ4n) is 1.28. The lowest BCUT2D eigenvalue weighted by Gasteiger charge is -2.23. The summed E-state index contributed by atoms with van der Waals surface area (Å²) in [6.07, 6.45) is 1.16. The van der Waals surface area contributed by atoms with Crippen LogP contribution < -0.4 is 11.5 Å². The first-order chi connectivity index (χ1) is 8.52. The number of methoxy groups -OCH3 is 1. The zero-order valence-corrected chi connectivity index (χ0v) is 11.1. The monoisotopic (exact) mass is 260 g/mol. The third-order valence-corrected chi connectivity index (χ3v) is 2.37. The Labute approximate surface area is 108 Å². The van der Waals surface area contributed by atoms with E-state index < -0.39 is 12.0 Å². The Balaban J connectivity index is 4.01. The molecule has 7 nitrogen and oxygen atoms in total. The maximum atomic E-state index is 11.4. The minimum Gasteiger partial charge on any atom is -0.465 e. The molecule has 0 aromatic heterocycles. The predicted octanol–water partition coefficient (Wildman–Crippen LogP) is -0.501. The molecule has 0 aromatic carbocycles. The molecule has 18 heavy (non-hydrogen) atoms. The second-order valence-corrected chi connectivity index (χ2v) is 3.93. The fourth-order valence-corrected chi connectivity index (χ4v) is 1.28. The van der Waals surface area contributed by atoms with Gasteiger partial charge in [0.05, 0.1) is 13.2 Å². The van der Waals surface area contributed by atoms with Gasteiger partial charge in [-0.2, -0.15) is 0 Å². The third-order valence-electron chi connectivity index (χ3n) is 2.37. The van der Waals surface area contributed by atoms with Gasteiger partial charge in [0.15, 0.2) is 5.96 Å². The topological polar surface area (TPSA) is 115 Å². The summed E-state index contributed by atoms with van der Waals surface area (Å²) in [6.45, 7) is 3.70. The number of nitrogens with one attached hydrogen (secondary N) is 1. The first-order valence-corrected chi connectivity index (χ1v) is 6.03. The molecule has 5 N–H and O–H groups in total. The largest absolute Gasteiger partial charge is 0.465 e. The molecule has 0 saturated carbocycles. The van der Waals surface area contributed by atoms with Gasteiger partial charge in [0.25, 0.3) is 0 Å². The van der Waals surface area contributed by atoms with Crippen molar-refractivity contribution in [1.82, 2.24) is 4.90 Å². The van der Waals surface area contributed by atoms with E-state index in [1.807, 2.05) is 6.92 Å². The van der Waals surface area contributed by atoms with Crippen LogP contribution >= 0.6 is 0 Å². The maximum Gasteiger partial charge on any atom is 0.322 e. The molecule has 0 unspecified atom stereocenters. The number of hydrogen-bond donors (Lipinski definition) is 3. The number of carbonyl (C=O) groups is 1. The van der Waals surface area contributed by atoms with Gasteiger partial charge >= 0.3 is 5.97 Å². The van der Waals surface area contributed by atoms with Gasteiger partial charge in [0.2, 0.25) is 0 Å². The zero-order chi connectivity index (χ0) is 14.0. The quantitative estimate of drug-likeness (QED) is 0.292. The molecule has 0 heterocycles. The smallest absolute Gasteiger partial charge is 0.322 e. The lowest BCUT2D eigenvalue weighted by atomic mass is 10.2. The van der Waals surface area contributed by atoms with Gasteiger partial charge in [0.1, 0.15) is 6.04 Å². The SMILES string of the molecule is CCCOC(=O)[C@@H](N)CCN(CCOC)C(=N)N. The van der Waals surface area contributed by atoms with E-state index >= 15 is 0 Å². The van der Waals surface area contributed by atoms with E-state index in [1.54, 1.807) is 12.0 Å². The number of esters is 1. The van der Waals surface area contributed by atoms with Gasteiger partial charge in [-0.15, -0.1) is 0 Å². The minimum absolute atomic E-state index is 0.0545. The first-order valence-electron chi connectivity index (χ1n) is 6.03. The van der Waals surface area contributed by atoms with Crippen molar-refractivity contribution in [2.75, 3.05) is 33.4 Å². The van der Waals surface area contributed by atoms with E-state index in [0.717, 1.165) is 6.42 Å². The molecule has 0 rings (SSSR count). The number of carbonyl (C=O) groups excluding carboxylic acids is 1. The predicted molar refractivity (Wildman–Crippen MR) is 69.2 cm³/mol. The van der Waals surface area contributed by atoms with Gasteiger partial charge in [-0.3, -0.25) is 10.2 Å². The summed E-state index contributed by atoms with van der Waals surface area (Å²) in [7, 11) is 1.58. The summed E-state index contributed by atoms with van der Waals surface area (Å²) in [6, 6.07) is -0.680.